The Bertz CT molecular complexity index is 845. The number of ketones is 1. The zero-order valence-corrected chi connectivity index (χ0v) is 21.4. The van der Waals surface area contributed by atoms with Crippen LogP contribution in [0.5, 0.6) is 0 Å². The highest BCUT2D eigenvalue weighted by Crippen LogP contribution is 2.77. The van der Waals surface area contributed by atoms with Crippen LogP contribution in [0.1, 0.15) is 106 Å². The molecule has 0 radical (unpaired) electrons. The second-order valence-electron chi connectivity index (χ2n) is 14.7. The summed E-state index contributed by atoms with van der Waals surface area (Å²) in [6.07, 6.45) is 11.7. The maximum Gasteiger partial charge on any atom is 0.138 e. The summed E-state index contributed by atoms with van der Waals surface area (Å²) in [5.41, 5.74) is 0.114. The van der Waals surface area contributed by atoms with Crippen LogP contribution in [0.25, 0.3) is 0 Å². The number of carbonyl (C=O) groups is 1. The highest BCUT2D eigenvalue weighted by atomic mass is 16.5. The van der Waals surface area contributed by atoms with E-state index >= 15 is 0 Å². The van der Waals surface area contributed by atoms with E-state index in [9.17, 15) is 9.90 Å². The van der Waals surface area contributed by atoms with E-state index in [0.29, 0.717) is 52.8 Å². The minimum atomic E-state index is -0.669. The molecule has 0 aromatic heterocycles. The highest BCUT2D eigenvalue weighted by Gasteiger charge is 2.73. The molecular formula is C29H46O3. The Morgan fingerprint density at radius 1 is 0.781 bits per heavy atom. The number of aliphatic hydroxyl groups is 1. The molecule has 5 saturated carbocycles. The van der Waals surface area contributed by atoms with Crippen molar-refractivity contribution >= 4 is 5.78 Å². The first-order chi connectivity index (χ1) is 14.8. The fourth-order valence-electron chi connectivity index (χ4n) is 11.7. The molecule has 3 nitrogen and oxygen atoms in total. The fourth-order valence-corrected chi connectivity index (χ4v) is 11.7. The predicted molar refractivity (Wildman–Crippen MR) is 126 cm³/mol. The van der Waals surface area contributed by atoms with Crippen LogP contribution in [-0.4, -0.2) is 28.7 Å². The van der Waals surface area contributed by atoms with E-state index in [1.807, 2.05) is 6.92 Å². The second-order valence-corrected chi connectivity index (χ2v) is 14.7. The van der Waals surface area contributed by atoms with Crippen LogP contribution < -0.4 is 0 Å². The van der Waals surface area contributed by atoms with Gasteiger partial charge in [-0.05, 0) is 111 Å². The van der Waals surface area contributed by atoms with Crippen molar-refractivity contribution in [3.05, 3.63) is 0 Å². The van der Waals surface area contributed by atoms with Crippen molar-refractivity contribution in [1.29, 1.82) is 0 Å². The van der Waals surface area contributed by atoms with Gasteiger partial charge in [-0.25, -0.2) is 0 Å². The zero-order chi connectivity index (χ0) is 22.9. The molecule has 1 N–H and O–H groups in total. The van der Waals surface area contributed by atoms with Gasteiger partial charge in [-0.2, -0.15) is 0 Å². The van der Waals surface area contributed by atoms with Crippen molar-refractivity contribution in [3.63, 3.8) is 0 Å². The van der Waals surface area contributed by atoms with Crippen molar-refractivity contribution in [1.82, 2.24) is 0 Å². The molecule has 180 valence electrons. The van der Waals surface area contributed by atoms with Crippen LogP contribution in [0.4, 0.5) is 0 Å². The first kappa shape index (κ1) is 22.1. The molecule has 10 atom stereocenters. The number of hydrogen-bond acceptors (Lipinski definition) is 3. The van der Waals surface area contributed by atoms with Gasteiger partial charge in [0.1, 0.15) is 5.78 Å². The van der Waals surface area contributed by atoms with Crippen molar-refractivity contribution in [2.24, 2.45) is 51.2 Å². The lowest BCUT2D eigenvalue weighted by Crippen LogP contribution is -2.69. The molecule has 0 aromatic rings. The van der Waals surface area contributed by atoms with Crippen LogP contribution >= 0.6 is 0 Å². The molecular weight excluding hydrogens is 396 g/mol. The molecule has 6 fully saturated rings. The summed E-state index contributed by atoms with van der Waals surface area (Å²) in [5, 5.41) is 11.3. The standard InChI is InChI=1S/C29H46O3/c1-24(2)20-10-13-27(5)21(25(20,3)12-11-22(24)30)8-7-18-23-19-9-14-29(23,16-15-26(18,27)4)32-17-28(19,6)31/h18-21,23,31H,7-17H2,1-6H3/t18-,19-,20+,21-,23+,25+,26-,27-,28+,29-/m1/s1. The number of Topliss-reactive ketones (excluding diaryl/α,β-unsaturated/α-hetero) is 1. The molecule has 32 heavy (non-hydrogen) atoms. The average Bonchev–Trinajstić information content (AvgIpc) is 3.05. The van der Waals surface area contributed by atoms with Gasteiger partial charge in [0.2, 0.25) is 0 Å². The van der Waals surface area contributed by atoms with Crippen LogP contribution in [0, 0.1) is 51.2 Å². The first-order valence-corrected chi connectivity index (χ1v) is 13.7. The average molecular weight is 443 g/mol. The molecule has 0 spiro atoms. The van der Waals surface area contributed by atoms with E-state index in [1.54, 1.807) is 0 Å². The van der Waals surface area contributed by atoms with Gasteiger partial charge in [0.05, 0.1) is 17.8 Å². The fraction of sp³-hybridized carbons (Fsp3) is 0.966. The summed E-state index contributed by atoms with van der Waals surface area (Å²) >= 11 is 0. The Hall–Kier alpha value is -0.410. The molecule has 3 heteroatoms. The summed E-state index contributed by atoms with van der Waals surface area (Å²) in [4.78, 5) is 12.9. The van der Waals surface area contributed by atoms with Gasteiger partial charge in [-0.3, -0.25) is 4.79 Å². The van der Waals surface area contributed by atoms with Crippen molar-refractivity contribution in [2.75, 3.05) is 6.61 Å². The topological polar surface area (TPSA) is 46.5 Å². The predicted octanol–water partition coefficient (Wildman–Crippen LogP) is 6.17. The van der Waals surface area contributed by atoms with Gasteiger partial charge in [0, 0.05) is 11.8 Å². The number of ether oxygens (including phenoxy) is 1. The van der Waals surface area contributed by atoms with Gasteiger partial charge >= 0.3 is 0 Å². The summed E-state index contributed by atoms with van der Waals surface area (Å²) < 4.78 is 6.60. The minimum absolute atomic E-state index is 0.0423. The van der Waals surface area contributed by atoms with E-state index in [0.717, 1.165) is 25.7 Å². The van der Waals surface area contributed by atoms with Crippen LogP contribution in [0.2, 0.25) is 0 Å². The summed E-state index contributed by atoms with van der Waals surface area (Å²) in [6.45, 7) is 14.9. The summed E-state index contributed by atoms with van der Waals surface area (Å²) in [6, 6.07) is 0. The van der Waals surface area contributed by atoms with Crippen molar-refractivity contribution < 1.29 is 14.6 Å². The maximum atomic E-state index is 12.9. The number of fused-ring (bicyclic) bond motifs is 5. The molecule has 2 bridgehead atoms. The smallest absolute Gasteiger partial charge is 0.138 e. The molecule has 1 heterocycles. The number of rotatable bonds is 0. The molecule has 6 rings (SSSR count). The van der Waals surface area contributed by atoms with Gasteiger partial charge < -0.3 is 9.84 Å². The van der Waals surface area contributed by atoms with Crippen LogP contribution in [0.15, 0.2) is 0 Å². The van der Waals surface area contributed by atoms with Crippen LogP contribution in [-0.2, 0) is 9.53 Å². The lowest BCUT2D eigenvalue weighted by atomic mass is 9.32. The Balaban J connectivity index is 1.40. The van der Waals surface area contributed by atoms with Gasteiger partial charge in [-0.15, -0.1) is 0 Å². The maximum absolute atomic E-state index is 12.9. The molecule has 1 aliphatic heterocycles. The molecule has 0 aromatic carbocycles. The Labute approximate surface area is 195 Å². The van der Waals surface area contributed by atoms with E-state index in [1.165, 1.54) is 38.5 Å². The third-order valence-electron chi connectivity index (χ3n) is 13.6. The third kappa shape index (κ3) is 2.34. The van der Waals surface area contributed by atoms with Crippen molar-refractivity contribution in [3.8, 4) is 0 Å². The normalized spacial score (nSPS) is 60.7. The largest absolute Gasteiger partial charge is 0.387 e. The molecule has 6 aliphatic rings. The summed E-state index contributed by atoms with van der Waals surface area (Å²) in [5.74, 6) is 3.33. The van der Waals surface area contributed by atoms with E-state index < -0.39 is 5.60 Å². The SMILES string of the molecule is CC1(C)C(=O)CC[C@]2(C)[C@H]3CC[C@@H]4[C@H]5[C@H]6CC[C@]5(CC[C@@]4(C)[C@]3(C)CC[C@@H]12)OC[C@]6(C)O. The number of hydrogen-bond donors (Lipinski definition) is 1. The highest BCUT2D eigenvalue weighted by molar-refractivity contribution is 5.85. The van der Waals surface area contributed by atoms with Gasteiger partial charge in [0.15, 0.2) is 0 Å². The lowest BCUT2D eigenvalue weighted by Gasteiger charge is -2.73. The Kier molecular flexibility index (Phi) is 4.30. The molecule has 0 amide bonds. The number of carbonyl (C=O) groups excluding carboxylic acids is 1. The molecule has 5 aliphatic carbocycles. The monoisotopic (exact) mass is 442 g/mol. The zero-order valence-electron chi connectivity index (χ0n) is 21.4. The second kappa shape index (κ2) is 6.23. The first-order valence-electron chi connectivity index (χ1n) is 13.7. The molecule has 1 saturated heterocycles. The van der Waals surface area contributed by atoms with E-state index in [-0.39, 0.29) is 16.4 Å². The lowest BCUT2D eigenvalue weighted by molar-refractivity contribution is -0.283. The van der Waals surface area contributed by atoms with E-state index in [2.05, 4.69) is 34.6 Å². The Morgan fingerprint density at radius 2 is 1.53 bits per heavy atom. The minimum Gasteiger partial charge on any atom is -0.387 e. The third-order valence-corrected chi connectivity index (χ3v) is 13.6. The van der Waals surface area contributed by atoms with Gasteiger partial charge in [0.25, 0.3) is 0 Å². The van der Waals surface area contributed by atoms with Gasteiger partial charge in [-0.1, -0.05) is 34.6 Å². The Morgan fingerprint density at radius 3 is 2.28 bits per heavy atom. The van der Waals surface area contributed by atoms with E-state index in [4.69, 9.17) is 4.74 Å². The summed E-state index contributed by atoms with van der Waals surface area (Å²) in [7, 11) is 0. The van der Waals surface area contributed by atoms with Crippen molar-refractivity contribution in [2.45, 2.75) is 117 Å². The van der Waals surface area contributed by atoms with Crippen LogP contribution in [0.3, 0.4) is 0 Å². The molecule has 0 unspecified atom stereocenters. The quantitative estimate of drug-likeness (QED) is 0.488.